The third-order valence-corrected chi connectivity index (χ3v) is 5.24. The van der Waals surface area contributed by atoms with Crippen LogP contribution in [0.2, 0.25) is 10.0 Å². The molecule has 1 aliphatic heterocycles. The van der Waals surface area contributed by atoms with E-state index >= 15 is 0 Å². The lowest BCUT2D eigenvalue weighted by Gasteiger charge is -2.27. The maximum absolute atomic E-state index is 13.1. The van der Waals surface area contributed by atoms with Crippen LogP contribution >= 0.6 is 23.2 Å². The number of nitrogens with zero attached hydrogens (tertiary/aromatic N) is 2. The van der Waals surface area contributed by atoms with Crippen molar-refractivity contribution in [2.24, 2.45) is 5.73 Å². The summed E-state index contributed by atoms with van der Waals surface area (Å²) in [6.45, 7) is -0.0746. The summed E-state index contributed by atoms with van der Waals surface area (Å²) in [4.78, 5) is 50.2. The lowest BCUT2D eigenvalue weighted by molar-refractivity contribution is -0.122. The van der Waals surface area contributed by atoms with Crippen molar-refractivity contribution in [2.45, 2.75) is 6.54 Å². The molecule has 8 nitrogen and oxygen atoms in total. The SMILES string of the molecule is NC(=O)Cn1cc(/C=C2\C(=O)NC(=O)N(c3ccc(Cl)cc3Cl)C2=O)c2ccccc21. The number of anilines is 1. The zero-order valence-electron chi connectivity index (χ0n) is 15.8. The highest BCUT2D eigenvalue weighted by Gasteiger charge is 2.38. The minimum Gasteiger partial charge on any atom is -0.368 e. The lowest BCUT2D eigenvalue weighted by atomic mass is 10.1. The number of carbonyl (C=O) groups is 4. The Kier molecular flexibility index (Phi) is 5.26. The summed E-state index contributed by atoms with van der Waals surface area (Å²) < 4.78 is 1.62. The van der Waals surface area contributed by atoms with Gasteiger partial charge in [0, 0.05) is 27.7 Å². The number of aromatic nitrogens is 1. The van der Waals surface area contributed by atoms with Gasteiger partial charge < -0.3 is 10.3 Å². The molecular formula is C21H14Cl2N4O4. The van der Waals surface area contributed by atoms with Gasteiger partial charge in [0.25, 0.3) is 11.8 Å². The zero-order chi connectivity index (χ0) is 22.3. The second-order valence-electron chi connectivity index (χ2n) is 6.75. The van der Waals surface area contributed by atoms with Crippen molar-refractivity contribution in [3.8, 4) is 0 Å². The van der Waals surface area contributed by atoms with Crippen molar-refractivity contribution in [1.29, 1.82) is 0 Å². The number of hydrogen-bond acceptors (Lipinski definition) is 4. The number of para-hydroxylation sites is 1. The topological polar surface area (TPSA) is 114 Å². The van der Waals surface area contributed by atoms with E-state index in [1.165, 1.54) is 24.3 Å². The van der Waals surface area contributed by atoms with Crippen molar-refractivity contribution in [3.63, 3.8) is 0 Å². The Balaban J connectivity index is 1.82. The fraction of sp³-hybridized carbons (Fsp3) is 0.0476. The highest BCUT2D eigenvalue weighted by molar-refractivity contribution is 6.42. The molecule has 1 aliphatic rings. The summed E-state index contributed by atoms with van der Waals surface area (Å²) in [6, 6.07) is 10.5. The first-order valence-corrected chi connectivity index (χ1v) is 9.74. The molecule has 3 aromatic rings. The van der Waals surface area contributed by atoms with Gasteiger partial charge in [-0.1, -0.05) is 41.4 Å². The number of barbiturate groups is 1. The molecule has 1 fully saturated rings. The fourth-order valence-electron chi connectivity index (χ4n) is 3.38. The van der Waals surface area contributed by atoms with E-state index in [4.69, 9.17) is 28.9 Å². The third kappa shape index (κ3) is 3.78. The van der Waals surface area contributed by atoms with E-state index in [0.717, 1.165) is 4.90 Å². The number of imide groups is 2. The molecule has 2 heterocycles. The standard InChI is InChI=1S/C21H14Cl2N4O4/c22-12-5-6-17(15(23)8-12)27-20(30)14(19(29)25-21(27)31)7-11-9-26(10-18(24)28)16-4-2-1-3-13(11)16/h1-9H,10H2,(H2,24,28)(H,25,29,31)/b14-7+. The molecule has 0 spiro atoms. The van der Waals surface area contributed by atoms with Crippen molar-refractivity contribution in [3.05, 3.63) is 69.8 Å². The molecule has 3 N–H and O–H groups in total. The minimum absolute atomic E-state index is 0.0720. The number of rotatable bonds is 4. The van der Waals surface area contributed by atoms with E-state index in [2.05, 4.69) is 5.32 Å². The minimum atomic E-state index is -0.924. The Morgan fingerprint density at radius 3 is 2.55 bits per heavy atom. The number of fused-ring (bicyclic) bond motifs is 1. The number of hydrogen-bond donors (Lipinski definition) is 2. The average molecular weight is 457 g/mol. The van der Waals surface area contributed by atoms with Crippen LogP contribution in [0.3, 0.4) is 0 Å². The molecule has 0 radical (unpaired) electrons. The van der Waals surface area contributed by atoms with Gasteiger partial charge in [-0.3, -0.25) is 19.7 Å². The Morgan fingerprint density at radius 2 is 1.84 bits per heavy atom. The van der Waals surface area contributed by atoms with Crippen LogP contribution in [0, 0.1) is 0 Å². The number of urea groups is 1. The van der Waals surface area contributed by atoms with Crippen LogP contribution in [0.4, 0.5) is 10.5 Å². The van der Waals surface area contributed by atoms with Crippen LogP contribution in [-0.2, 0) is 20.9 Å². The molecule has 4 rings (SSSR count). The van der Waals surface area contributed by atoms with Gasteiger partial charge in [0.2, 0.25) is 5.91 Å². The van der Waals surface area contributed by atoms with Crippen LogP contribution in [0.25, 0.3) is 17.0 Å². The second-order valence-corrected chi connectivity index (χ2v) is 7.59. The molecule has 0 atom stereocenters. The number of benzene rings is 2. The summed E-state index contributed by atoms with van der Waals surface area (Å²) in [6.07, 6.45) is 2.97. The van der Waals surface area contributed by atoms with Gasteiger partial charge in [0.05, 0.1) is 10.7 Å². The van der Waals surface area contributed by atoms with E-state index < -0.39 is 23.8 Å². The second kappa shape index (κ2) is 7.90. The summed E-state index contributed by atoms with van der Waals surface area (Å²) in [5.41, 5.74) is 6.34. The number of nitrogens with one attached hydrogen (secondary N) is 1. The Morgan fingerprint density at radius 1 is 1.10 bits per heavy atom. The summed E-state index contributed by atoms with van der Waals surface area (Å²) in [7, 11) is 0. The molecule has 156 valence electrons. The molecule has 0 bridgehead atoms. The number of nitrogens with two attached hydrogens (primary N) is 1. The number of primary amides is 1. The lowest BCUT2D eigenvalue weighted by Crippen LogP contribution is -2.54. The van der Waals surface area contributed by atoms with Crippen LogP contribution in [0.5, 0.6) is 0 Å². The van der Waals surface area contributed by atoms with Gasteiger partial charge in [0.1, 0.15) is 12.1 Å². The Labute approximate surface area is 185 Å². The molecule has 5 amide bonds. The quantitative estimate of drug-likeness (QED) is 0.463. The van der Waals surface area contributed by atoms with Crippen molar-refractivity contribution >= 4 is 69.6 Å². The third-order valence-electron chi connectivity index (χ3n) is 4.70. The summed E-state index contributed by atoms with van der Waals surface area (Å²) in [5, 5.41) is 3.24. The molecule has 0 aliphatic carbocycles. The first-order valence-electron chi connectivity index (χ1n) is 8.99. The van der Waals surface area contributed by atoms with E-state index in [9.17, 15) is 19.2 Å². The van der Waals surface area contributed by atoms with Gasteiger partial charge in [-0.25, -0.2) is 9.69 Å². The Hall–Kier alpha value is -3.62. The predicted molar refractivity (Wildman–Crippen MR) is 117 cm³/mol. The molecule has 0 unspecified atom stereocenters. The maximum Gasteiger partial charge on any atom is 0.335 e. The van der Waals surface area contributed by atoms with E-state index in [1.54, 1.807) is 35.0 Å². The molecule has 1 saturated heterocycles. The average Bonchev–Trinajstić information content (AvgIpc) is 3.03. The number of halogens is 2. The van der Waals surface area contributed by atoms with Gasteiger partial charge in [-0.15, -0.1) is 0 Å². The van der Waals surface area contributed by atoms with Crippen molar-refractivity contribution < 1.29 is 19.2 Å². The first kappa shape index (κ1) is 20.6. The smallest absolute Gasteiger partial charge is 0.335 e. The molecule has 2 aromatic carbocycles. The molecular weight excluding hydrogens is 443 g/mol. The number of amides is 5. The van der Waals surface area contributed by atoms with E-state index in [-0.39, 0.29) is 22.8 Å². The highest BCUT2D eigenvalue weighted by Crippen LogP contribution is 2.32. The van der Waals surface area contributed by atoms with Gasteiger partial charge >= 0.3 is 6.03 Å². The van der Waals surface area contributed by atoms with Gasteiger partial charge in [0.15, 0.2) is 0 Å². The van der Waals surface area contributed by atoms with Gasteiger partial charge in [-0.05, 0) is 30.3 Å². The van der Waals surface area contributed by atoms with Crippen LogP contribution in [-0.4, -0.2) is 28.3 Å². The van der Waals surface area contributed by atoms with Crippen LogP contribution < -0.4 is 16.0 Å². The zero-order valence-corrected chi connectivity index (χ0v) is 17.3. The van der Waals surface area contributed by atoms with E-state index in [1.807, 2.05) is 0 Å². The van der Waals surface area contributed by atoms with Gasteiger partial charge in [-0.2, -0.15) is 0 Å². The van der Waals surface area contributed by atoms with Crippen LogP contribution in [0.1, 0.15) is 5.56 Å². The fourth-order valence-corrected chi connectivity index (χ4v) is 3.88. The predicted octanol–water partition coefficient (Wildman–Crippen LogP) is 3.10. The summed E-state index contributed by atoms with van der Waals surface area (Å²) >= 11 is 12.1. The normalized spacial score (nSPS) is 15.6. The van der Waals surface area contributed by atoms with Crippen molar-refractivity contribution in [2.75, 3.05) is 4.90 Å². The highest BCUT2D eigenvalue weighted by atomic mass is 35.5. The van der Waals surface area contributed by atoms with Crippen molar-refractivity contribution in [1.82, 2.24) is 9.88 Å². The molecule has 1 aromatic heterocycles. The largest absolute Gasteiger partial charge is 0.368 e. The summed E-state index contributed by atoms with van der Waals surface area (Å²) in [5.74, 6) is -2.23. The first-order chi connectivity index (χ1) is 14.8. The van der Waals surface area contributed by atoms with E-state index in [0.29, 0.717) is 21.5 Å². The molecule has 10 heteroatoms. The maximum atomic E-state index is 13.1. The monoisotopic (exact) mass is 456 g/mol. The Bertz CT molecular complexity index is 1310. The molecule has 31 heavy (non-hydrogen) atoms. The number of carbonyl (C=O) groups excluding carboxylic acids is 4. The molecule has 0 saturated carbocycles. The van der Waals surface area contributed by atoms with Crippen LogP contribution in [0.15, 0.2) is 54.2 Å².